The Kier molecular flexibility index (Phi) is 9.61. The highest BCUT2D eigenvalue weighted by Crippen LogP contribution is 2.62. The van der Waals surface area contributed by atoms with Gasteiger partial charge < -0.3 is 15.4 Å². The Morgan fingerprint density at radius 3 is 1.98 bits per heavy atom. The van der Waals surface area contributed by atoms with Crippen LogP contribution in [-0.4, -0.2) is 35.6 Å². The van der Waals surface area contributed by atoms with E-state index >= 15 is 0 Å². The van der Waals surface area contributed by atoms with Crippen LogP contribution in [0.5, 0.6) is 0 Å². The Labute approximate surface area is 260 Å². The molecule has 1 atom stereocenters. The topological polar surface area (TPSA) is 84.5 Å². The SMILES string of the molecule is CC(C)(C)OC(=O)CCC(=O)Nc1ccc(Cc2ccccc2[P+](c2ccccc2)(c2ccccc2)C2CCNC2=O)cc1. The lowest BCUT2D eigenvalue weighted by Gasteiger charge is -2.32. The summed E-state index contributed by atoms with van der Waals surface area (Å²) >= 11 is 0. The zero-order chi connectivity index (χ0) is 31.2. The highest BCUT2D eigenvalue weighted by molar-refractivity contribution is 7.97. The van der Waals surface area contributed by atoms with Gasteiger partial charge in [0.2, 0.25) is 5.91 Å². The molecule has 1 unspecified atom stereocenters. The first-order valence-corrected chi connectivity index (χ1v) is 17.0. The monoisotopic (exact) mass is 607 g/mol. The van der Waals surface area contributed by atoms with Crippen molar-refractivity contribution >= 4 is 46.6 Å². The maximum atomic E-state index is 13.5. The predicted octanol–water partition coefficient (Wildman–Crippen LogP) is 5.52. The number of hydrogen-bond donors (Lipinski definition) is 2. The van der Waals surface area contributed by atoms with Gasteiger partial charge in [0.05, 0.1) is 6.42 Å². The van der Waals surface area contributed by atoms with Crippen LogP contribution in [0.1, 0.15) is 51.2 Å². The zero-order valence-electron chi connectivity index (χ0n) is 25.6. The van der Waals surface area contributed by atoms with Crippen molar-refractivity contribution in [2.45, 2.75) is 57.7 Å². The second-order valence-electron chi connectivity index (χ2n) is 12.1. The molecule has 1 aliphatic rings. The molecular formula is C37H40N2O4P+. The van der Waals surface area contributed by atoms with Crippen LogP contribution in [0.2, 0.25) is 0 Å². The van der Waals surface area contributed by atoms with Gasteiger partial charge in [-0.15, -0.1) is 0 Å². The number of hydrogen-bond acceptors (Lipinski definition) is 4. The molecule has 1 aliphatic heterocycles. The third-order valence-electron chi connectivity index (χ3n) is 7.79. The third kappa shape index (κ3) is 7.09. The lowest BCUT2D eigenvalue weighted by molar-refractivity contribution is -0.155. The van der Waals surface area contributed by atoms with E-state index in [9.17, 15) is 14.4 Å². The summed E-state index contributed by atoms with van der Waals surface area (Å²) in [5.74, 6) is -0.502. The molecule has 1 saturated heterocycles. The van der Waals surface area contributed by atoms with Crippen LogP contribution in [0.4, 0.5) is 5.69 Å². The van der Waals surface area contributed by atoms with Crippen LogP contribution in [0.3, 0.4) is 0 Å². The molecule has 0 bridgehead atoms. The van der Waals surface area contributed by atoms with Gasteiger partial charge in [-0.25, -0.2) is 0 Å². The van der Waals surface area contributed by atoms with Crippen LogP contribution in [-0.2, 0) is 25.5 Å². The highest BCUT2D eigenvalue weighted by atomic mass is 31.2. The molecule has 6 nitrogen and oxygen atoms in total. The average molecular weight is 608 g/mol. The summed E-state index contributed by atoms with van der Waals surface area (Å²) in [6.45, 7) is 6.10. The molecule has 0 aromatic heterocycles. The summed E-state index contributed by atoms with van der Waals surface area (Å²) in [4.78, 5) is 38.0. The Balaban J connectivity index is 1.43. The molecule has 1 heterocycles. The van der Waals surface area contributed by atoms with Crippen molar-refractivity contribution in [1.82, 2.24) is 5.32 Å². The first kappa shape index (κ1) is 31.2. The number of carbonyl (C=O) groups is 3. The quantitative estimate of drug-likeness (QED) is 0.184. The molecule has 44 heavy (non-hydrogen) atoms. The van der Waals surface area contributed by atoms with E-state index in [1.807, 2.05) is 36.4 Å². The van der Waals surface area contributed by atoms with Crippen LogP contribution in [0.25, 0.3) is 0 Å². The van der Waals surface area contributed by atoms with E-state index in [1.165, 1.54) is 21.5 Å². The minimum atomic E-state index is -2.40. The van der Waals surface area contributed by atoms with E-state index in [1.54, 1.807) is 20.8 Å². The summed E-state index contributed by atoms with van der Waals surface area (Å²) in [6.07, 6.45) is 1.56. The molecule has 1 fully saturated rings. The van der Waals surface area contributed by atoms with Crippen molar-refractivity contribution < 1.29 is 19.1 Å². The molecule has 226 valence electrons. The summed E-state index contributed by atoms with van der Waals surface area (Å²) < 4.78 is 5.30. The molecular weight excluding hydrogens is 567 g/mol. The standard InChI is InChI=1S/C37H39N2O4P/c1-37(2,3)43-35(41)23-22-34(40)39-29-20-18-27(19-21-29)26-28-12-10-11-17-32(28)44(30-13-6-4-7-14-30,31-15-8-5-9-16-31)33-24-25-38-36(33)42/h4-21,33H,22-26H2,1-3H3,(H-,38,39,40,42)/p+1. The molecule has 4 aromatic rings. The number of amides is 2. The zero-order valence-corrected chi connectivity index (χ0v) is 26.5. The van der Waals surface area contributed by atoms with Gasteiger partial charge in [0, 0.05) is 31.5 Å². The van der Waals surface area contributed by atoms with Crippen LogP contribution in [0, 0.1) is 0 Å². The summed E-state index contributed by atoms with van der Waals surface area (Å²) in [5.41, 5.74) is 2.22. The van der Waals surface area contributed by atoms with E-state index in [-0.39, 0.29) is 36.3 Å². The number of carbonyl (C=O) groups excluding carboxylic acids is 3. The fourth-order valence-electron chi connectivity index (χ4n) is 5.99. The third-order valence-corrected chi connectivity index (χ3v) is 12.6. The number of rotatable bonds is 10. The van der Waals surface area contributed by atoms with Gasteiger partial charge in [0.25, 0.3) is 5.91 Å². The molecule has 2 N–H and O–H groups in total. The van der Waals surface area contributed by atoms with Gasteiger partial charge >= 0.3 is 5.97 Å². The van der Waals surface area contributed by atoms with Crippen LogP contribution in [0.15, 0.2) is 109 Å². The van der Waals surface area contributed by atoms with Gasteiger partial charge in [-0.1, -0.05) is 66.7 Å². The number of ether oxygens (including phenoxy) is 1. The second-order valence-corrected chi connectivity index (χ2v) is 15.7. The smallest absolute Gasteiger partial charge is 0.306 e. The van der Waals surface area contributed by atoms with Gasteiger partial charge in [-0.2, -0.15) is 0 Å². The van der Waals surface area contributed by atoms with Gasteiger partial charge in [0.15, 0.2) is 5.66 Å². The summed E-state index contributed by atoms with van der Waals surface area (Å²) in [6, 6.07) is 37.5. The van der Waals surface area contributed by atoms with E-state index in [0.29, 0.717) is 18.7 Å². The maximum absolute atomic E-state index is 13.5. The van der Waals surface area contributed by atoms with Crippen LogP contribution < -0.4 is 26.5 Å². The maximum Gasteiger partial charge on any atom is 0.306 e. The van der Waals surface area contributed by atoms with E-state index in [4.69, 9.17) is 4.74 Å². The molecule has 0 saturated carbocycles. The van der Waals surface area contributed by atoms with Crippen molar-refractivity contribution in [3.63, 3.8) is 0 Å². The van der Waals surface area contributed by atoms with E-state index < -0.39 is 12.9 Å². The first-order valence-electron chi connectivity index (χ1n) is 15.1. The number of esters is 1. The Hall–Kier alpha value is -4.28. The summed E-state index contributed by atoms with van der Waals surface area (Å²) in [5, 5.41) is 9.63. The second kappa shape index (κ2) is 13.6. The fraction of sp³-hybridized carbons (Fsp3) is 0.270. The lowest BCUT2D eigenvalue weighted by atomic mass is 10.0. The normalized spacial score (nSPS) is 15.0. The van der Waals surface area contributed by atoms with Crippen molar-refractivity contribution in [3.05, 3.63) is 120 Å². The van der Waals surface area contributed by atoms with Crippen molar-refractivity contribution in [2.75, 3.05) is 11.9 Å². The molecule has 0 aliphatic carbocycles. The minimum Gasteiger partial charge on any atom is -0.460 e. The Bertz CT molecular complexity index is 1560. The summed E-state index contributed by atoms with van der Waals surface area (Å²) in [7, 11) is -2.40. The molecule has 5 rings (SSSR count). The van der Waals surface area contributed by atoms with Crippen LogP contribution >= 0.6 is 7.26 Å². The predicted molar refractivity (Wildman–Crippen MR) is 180 cm³/mol. The fourth-order valence-corrected chi connectivity index (χ4v) is 11.1. The average Bonchev–Trinajstić information content (AvgIpc) is 3.44. The molecule has 0 spiro atoms. The van der Waals surface area contributed by atoms with E-state index in [0.717, 1.165) is 12.0 Å². The lowest BCUT2D eigenvalue weighted by Crippen LogP contribution is -2.43. The molecule has 7 heteroatoms. The largest absolute Gasteiger partial charge is 0.460 e. The van der Waals surface area contributed by atoms with Crippen molar-refractivity contribution in [3.8, 4) is 0 Å². The molecule has 4 aromatic carbocycles. The first-order chi connectivity index (χ1) is 21.2. The minimum absolute atomic E-state index is 0.0324. The molecule has 2 amide bonds. The van der Waals surface area contributed by atoms with Crippen molar-refractivity contribution in [2.24, 2.45) is 0 Å². The van der Waals surface area contributed by atoms with E-state index in [2.05, 4.69) is 83.4 Å². The van der Waals surface area contributed by atoms with Gasteiger partial charge in [-0.05, 0) is 74.4 Å². The number of benzene rings is 4. The Morgan fingerprint density at radius 2 is 1.41 bits per heavy atom. The number of anilines is 1. The Morgan fingerprint density at radius 1 is 0.818 bits per heavy atom. The van der Waals surface area contributed by atoms with Gasteiger partial charge in [0.1, 0.15) is 28.8 Å². The highest BCUT2D eigenvalue weighted by Gasteiger charge is 2.57. The molecule has 0 radical (unpaired) electrons. The van der Waals surface area contributed by atoms with Crippen molar-refractivity contribution in [1.29, 1.82) is 0 Å². The number of nitrogens with one attached hydrogen (secondary N) is 2. The van der Waals surface area contributed by atoms with Gasteiger partial charge in [-0.3, -0.25) is 14.4 Å².